The summed E-state index contributed by atoms with van der Waals surface area (Å²) in [5.74, 6) is -2.51. The van der Waals surface area contributed by atoms with E-state index in [0.29, 0.717) is 31.9 Å². The van der Waals surface area contributed by atoms with Crippen LogP contribution >= 0.6 is 11.3 Å². The molecule has 1 aromatic carbocycles. The third kappa shape index (κ3) is 7.34. The first-order chi connectivity index (χ1) is 11.4. The number of benzene rings is 1. The maximum absolute atomic E-state index is 9.88. The number of nitrogens with two attached hydrogens (primary N) is 1. The highest BCUT2D eigenvalue weighted by Gasteiger charge is 2.08. The second-order valence-electron chi connectivity index (χ2n) is 4.61. The number of aliphatic hydroxyl groups is 1. The quantitative estimate of drug-likeness (QED) is 0.439. The van der Waals surface area contributed by atoms with Crippen LogP contribution in [0.3, 0.4) is 0 Å². The molecule has 1 unspecified atom stereocenters. The third-order valence-corrected chi connectivity index (χ3v) is 3.67. The van der Waals surface area contributed by atoms with Gasteiger partial charge >= 0.3 is 11.9 Å². The first-order valence-corrected chi connectivity index (χ1v) is 7.89. The van der Waals surface area contributed by atoms with Crippen molar-refractivity contribution in [2.45, 2.75) is 6.10 Å². The van der Waals surface area contributed by atoms with Crippen LogP contribution in [0.1, 0.15) is 11.7 Å². The van der Waals surface area contributed by atoms with Crippen molar-refractivity contribution >= 4 is 33.4 Å². The number of aliphatic carboxylic acids is 2. The van der Waals surface area contributed by atoms with E-state index >= 15 is 0 Å². The molecule has 2 rings (SSSR count). The van der Waals surface area contributed by atoms with Crippen molar-refractivity contribution in [1.29, 1.82) is 0 Å². The topological polar surface area (TPSA) is 130 Å². The van der Waals surface area contributed by atoms with E-state index in [2.05, 4.69) is 6.07 Å². The van der Waals surface area contributed by atoms with Gasteiger partial charge in [0.05, 0.1) is 13.2 Å². The zero-order chi connectivity index (χ0) is 17.9. The summed E-state index contributed by atoms with van der Waals surface area (Å²) in [6.07, 6.45) is 0.542. The molecule has 0 radical (unpaired) electrons. The summed E-state index contributed by atoms with van der Waals surface area (Å²) in [6, 6.07) is 8.02. The zero-order valence-corrected chi connectivity index (χ0v) is 13.6. The van der Waals surface area contributed by atoms with Crippen molar-refractivity contribution in [3.05, 3.63) is 47.4 Å². The van der Waals surface area contributed by atoms with Crippen LogP contribution < -0.4 is 5.73 Å². The fourth-order valence-electron chi connectivity index (χ4n) is 1.71. The predicted octanol–water partition coefficient (Wildman–Crippen LogP) is 1.62. The average molecular weight is 353 g/mol. The number of carbonyl (C=O) groups is 2. The summed E-state index contributed by atoms with van der Waals surface area (Å²) in [4.78, 5) is 19.1. The highest BCUT2D eigenvalue weighted by Crippen LogP contribution is 2.24. The van der Waals surface area contributed by atoms with E-state index in [1.165, 1.54) is 10.1 Å². The lowest BCUT2D eigenvalue weighted by Crippen LogP contribution is -2.13. The maximum Gasteiger partial charge on any atom is 0.328 e. The van der Waals surface area contributed by atoms with E-state index in [-0.39, 0.29) is 0 Å². The van der Waals surface area contributed by atoms with Crippen LogP contribution in [0.5, 0.6) is 0 Å². The lowest BCUT2D eigenvalue weighted by molar-refractivity contribution is -0.134. The summed E-state index contributed by atoms with van der Waals surface area (Å²) in [5, 5.41) is 28.7. The number of ether oxygens (including phenoxy) is 1. The van der Waals surface area contributed by atoms with Crippen molar-refractivity contribution in [2.24, 2.45) is 5.73 Å². The molecule has 5 N–H and O–H groups in total. The van der Waals surface area contributed by atoms with Crippen LogP contribution in [0, 0.1) is 0 Å². The van der Waals surface area contributed by atoms with Gasteiger partial charge in [0.1, 0.15) is 6.10 Å². The van der Waals surface area contributed by atoms with Crippen LogP contribution in [0.25, 0.3) is 10.1 Å². The Hall–Kier alpha value is -2.26. The largest absolute Gasteiger partial charge is 0.478 e. The minimum absolute atomic E-state index is 0.298. The molecular weight excluding hydrogens is 334 g/mol. The molecule has 0 aliphatic carbocycles. The number of hydrogen-bond donors (Lipinski definition) is 4. The highest BCUT2D eigenvalue weighted by atomic mass is 32.1. The van der Waals surface area contributed by atoms with Crippen molar-refractivity contribution in [3.63, 3.8) is 0 Å². The van der Waals surface area contributed by atoms with Crippen LogP contribution in [0.4, 0.5) is 0 Å². The summed E-state index contributed by atoms with van der Waals surface area (Å²) < 4.78 is 6.46. The van der Waals surface area contributed by atoms with Crippen LogP contribution in [-0.2, 0) is 14.3 Å². The Morgan fingerprint density at radius 3 is 2.46 bits per heavy atom. The van der Waals surface area contributed by atoms with Crippen LogP contribution in [-0.4, -0.2) is 47.0 Å². The Bertz CT molecular complexity index is 681. The fourth-order valence-corrected chi connectivity index (χ4v) is 2.48. The maximum atomic E-state index is 9.88. The minimum atomic E-state index is -1.26. The summed E-state index contributed by atoms with van der Waals surface area (Å²) >= 11 is 1.70. The number of hydrogen-bond acceptors (Lipinski definition) is 6. The molecule has 0 spiro atoms. The number of thiophene rings is 1. The van der Waals surface area contributed by atoms with Crippen molar-refractivity contribution in [1.82, 2.24) is 0 Å². The van der Waals surface area contributed by atoms with Crippen molar-refractivity contribution in [2.75, 3.05) is 19.8 Å². The van der Waals surface area contributed by atoms with Gasteiger partial charge in [-0.15, -0.1) is 11.3 Å². The fraction of sp³-hybridized carbons (Fsp3) is 0.250. The normalized spacial score (nSPS) is 11.9. The van der Waals surface area contributed by atoms with Gasteiger partial charge in [-0.2, -0.15) is 0 Å². The second kappa shape index (κ2) is 10.5. The second-order valence-corrected chi connectivity index (χ2v) is 5.55. The molecule has 1 heterocycles. The van der Waals surface area contributed by atoms with E-state index in [0.717, 1.165) is 5.56 Å². The molecule has 0 amide bonds. The van der Waals surface area contributed by atoms with E-state index in [1.807, 2.05) is 23.6 Å². The molecular formula is C16H19NO6S. The minimum Gasteiger partial charge on any atom is -0.478 e. The molecule has 0 aliphatic rings. The van der Waals surface area contributed by atoms with Crippen molar-refractivity contribution in [3.8, 4) is 0 Å². The Morgan fingerprint density at radius 1 is 1.21 bits per heavy atom. The summed E-state index contributed by atoms with van der Waals surface area (Å²) in [6.45, 7) is 1.26. The van der Waals surface area contributed by atoms with Gasteiger partial charge in [0.15, 0.2) is 0 Å². The van der Waals surface area contributed by atoms with Gasteiger partial charge in [-0.1, -0.05) is 6.07 Å². The Kier molecular flexibility index (Phi) is 8.66. The average Bonchev–Trinajstić information content (AvgIpc) is 3.01. The number of carboxylic acid groups (broad SMARTS) is 2. The monoisotopic (exact) mass is 353 g/mol. The third-order valence-electron chi connectivity index (χ3n) is 2.77. The van der Waals surface area contributed by atoms with Gasteiger partial charge < -0.3 is 25.8 Å². The van der Waals surface area contributed by atoms with E-state index in [9.17, 15) is 14.7 Å². The molecule has 0 saturated heterocycles. The summed E-state index contributed by atoms with van der Waals surface area (Å²) in [5.41, 5.74) is 6.20. The number of rotatable bonds is 7. The number of carboxylic acids is 2. The molecule has 2 aromatic rings. The first kappa shape index (κ1) is 19.8. The lowest BCUT2D eigenvalue weighted by Gasteiger charge is -2.11. The smallest absolute Gasteiger partial charge is 0.328 e. The van der Waals surface area contributed by atoms with Gasteiger partial charge in [0.25, 0.3) is 0 Å². The van der Waals surface area contributed by atoms with Gasteiger partial charge in [0.2, 0.25) is 0 Å². The lowest BCUT2D eigenvalue weighted by atomic mass is 10.1. The molecule has 7 nitrogen and oxygen atoms in total. The first-order valence-electron chi connectivity index (χ1n) is 7.01. The SMILES string of the molecule is NCCOCC(O)c1ccc2sccc2c1.O=C(O)C=CC(=O)O. The molecule has 0 saturated carbocycles. The van der Waals surface area contributed by atoms with E-state index < -0.39 is 18.0 Å². The molecule has 130 valence electrons. The van der Waals surface area contributed by atoms with Crippen LogP contribution in [0.15, 0.2) is 41.8 Å². The molecule has 0 fully saturated rings. The highest BCUT2D eigenvalue weighted by molar-refractivity contribution is 7.17. The molecule has 0 aliphatic heterocycles. The number of fused-ring (bicyclic) bond motifs is 1. The van der Waals surface area contributed by atoms with Gasteiger partial charge in [0, 0.05) is 23.4 Å². The van der Waals surface area contributed by atoms with Crippen LogP contribution in [0.2, 0.25) is 0 Å². The van der Waals surface area contributed by atoms with Crippen molar-refractivity contribution < 1.29 is 29.6 Å². The predicted molar refractivity (Wildman–Crippen MR) is 91.1 cm³/mol. The Balaban J connectivity index is 0.000000307. The standard InChI is InChI=1S/C12H15NO2S.C4H4O4/c13-4-5-15-8-11(14)9-1-2-12-10(7-9)3-6-16-12;5-3(6)1-2-4(7)8/h1-3,6-7,11,14H,4-5,8,13H2;1-2H,(H,5,6)(H,7,8). The van der Waals surface area contributed by atoms with Gasteiger partial charge in [-0.3, -0.25) is 0 Å². The zero-order valence-electron chi connectivity index (χ0n) is 12.8. The summed E-state index contributed by atoms with van der Waals surface area (Å²) in [7, 11) is 0. The van der Waals surface area contributed by atoms with Gasteiger partial charge in [-0.25, -0.2) is 9.59 Å². The van der Waals surface area contributed by atoms with Gasteiger partial charge in [-0.05, 0) is 34.5 Å². The van der Waals surface area contributed by atoms with E-state index in [4.69, 9.17) is 20.7 Å². The number of aliphatic hydroxyl groups excluding tert-OH is 1. The molecule has 8 heteroatoms. The Morgan fingerprint density at radius 2 is 1.88 bits per heavy atom. The molecule has 1 aromatic heterocycles. The molecule has 0 bridgehead atoms. The molecule has 24 heavy (non-hydrogen) atoms. The molecule has 1 atom stereocenters. The van der Waals surface area contributed by atoms with E-state index in [1.54, 1.807) is 11.3 Å². The Labute approximate surface area is 142 Å².